The summed E-state index contributed by atoms with van der Waals surface area (Å²) >= 11 is 0. The second-order valence-electron chi connectivity index (χ2n) is 7.99. The molecule has 0 aromatic heterocycles. The molecule has 0 saturated carbocycles. The highest BCUT2D eigenvalue weighted by molar-refractivity contribution is 5.77. The zero-order valence-corrected chi connectivity index (χ0v) is 16.5. The van der Waals surface area contributed by atoms with Gasteiger partial charge in [0.15, 0.2) is 0 Å². The van der Waals surface area contributed by atoms with Gasteiger partial charge in [-0.15, -0.1) is 0 Å². The molecule has 0 aliphatic heterocycles. The molecule has 4 aromatic rings. The first-order valence-electron chi connectivity index (χ1n) is 10.0. The van der Waals surface area contributed by atoms with Crippen LogP contribution in [0.1, 0.15) is 33.4 Å². The maximum atomic E-state index is 2.30. The first-order valence-corrected chi connectivity index (χ1v) is 10.0. The fourth-order valence-electron chi connectivity index (χ4n) is 4.51. The van der Waals surface area contributed by atoms with Crippen molar-refractivity contribution < 1.29 is 0 Å². The molecule has 0 spiro atoms. The zero-order chi connectivity index (χ0) is 19.1. The molecule has 0 nitrogen and oxygen atoms in total. The van der Waals surface area contributed by atoms with E-state index in [1.807, 2.05) is 0 Å². The van der Waals surface area contributed by atoms with E-state index in [0.717, 1.165) is 12.8 Å². The Bertz CT molecular complexity index is 1180. The monoisotopic (exact) mass is 360 g/mol. The number of aryl methyl sites for hydroxylation is 2. The molecule has 0 saturated heterocycles. The van der Waals surface area contributed by atoms with Crippen molar-refractivity contribution in [2.75, 3.05) is 0 Å². The van der Waals surface area contributed by atoms with E-state index in [1.165, 1.54) is 55.6 Å². The Morgan fingerprint density at radius 1 is 0.429 bits per heavy atom. The molecule has 0 heteroatoms. The number of hydrogen-bond donors (Lipinski definition) is 0. The summed E-state index contributed by atoms with van der Waals surface area (Å²) in [6.07, 6.45) is 2.21. The molecule has 0 radical (unpaired) electrons. The molecule has 0 atom stereocenters. The van der Waals surface area contributed by atoms with Crippen LogP contribution in [0.15, 0.2) is 84.9 Å². The Morgan fingerprint density at radius 2 is 0.929 bits per heavy atom. The lowest BCUT2D eigenvalue weighted by atomic mass is 10.0. The summed E-state index contributed by atoms with van der Waals surface area (Å²) in [5, 5.41) is 0. The van der Waals surface area contributed by atoms with Crippen LogP contribution in [0, 0.1) is 13.8 Å². The van der Waals surface area contributed by atoms with Crippen molar-refractivity contribution in [2.45, 2.75) is 26.7 Å². The van der Waals surface area contributed by atoms with Crippen LogP contribution in [-0.4, -0.2) is 0 Å². The van der Waals surface area contributed by atoms with Gasteiger partial charge >= 0.3 is 0 Å². The molecule has 0 fully saturated rings. The van der Waals surface area contributed by atoms with Gasteiger partial charge in [0.25, 0.3) is 0 Å². The lowest BCUT2D eigenvalue weighted by Crippen LogP contribution is -1.80. The second-order valence-corrected chi connectivity index (χ2v) is 7.99. The fourth-order valence-corrected chi connectivity index (χ4v) is 4.51. The van der Waals surface area contributed by atoms with Crippen LogP contribution in [0.25, 0.3) is 22.3 Å². The average Bonchev–Trinajstić information content (AvgIpc) is 3.25. The van der Waals surface area contributed by atoms with E-state index in [2.05, 4.69) is 98.8 Å². The van der Waals surface area contributed by atoms with Crippen molar-refractivity contribution in [1.82, 2.24) is 0 Å². The predicted octanol–water partition coefficient (Wildman–Crippen LogP) is 7.13. The summed E-state index contributed by atoms with van der Waals surface area (Å²) in [6.45, 7) is 4.31. The number of fused-ring (bicyclic) bond motifs is 6. The maximum absolute atomic E-state index is 2.30. The van der Waals surface area contributed by atoms with Gasteiger partial charge in [-0.3, -0.25) is 0 Å². The van der Waals surface area contributed by atoms with E-state index in [0.29, 0.717) is 0 Å². The minimum atomic E-state index is 1.10. The van der Waals surface area contributed by atoms with Gasteiger partial charge in [0, 0.05) is 0 Å². The third kappa shape index (κ3) is 2.96. The lowest BCUT2D eigenvalue weighted by Gasteiger charge is -2.01. The van der Waals surface area contributed by atoms with E-state index in [9.17, 15) is 0 Å². The van der Waals surface area contributed by atoms with Crippen LogP contribution in [0.5, 0.6) is 0 Å². The molecule has 0 amide bonds. The summed E-state index contributed by atoms with van der Waals surface area (Å²) in [6, 6.07) is 30.9. The number of hydrogen-bond acceptors (Lipinski definition) is 0. The van der Waals surface area contributed by atoms with Gasteiger partial charge in [-0.2, -0.15) is 0 Å². The standard InChI is InChI=1S/2C14H12/c1-10-6-7-14-12(8-10)9-11-4-2-3-5-13(11)14;1-10-6-7-12-9-11-4-2-3-5-13(11)14(12)8-10/h2*2-8H,9H2,1H3. The summed E-state index contributed by atoms with van der Waals surface area (Å²) < 4.78 is 0. The third-order valence-corrected chi connectivity index (χ3v) is 5.90. The van der Waals surface area contributed by atoms with Crippen molar-refractivity contribution in [2.24, 2.45) is 0 Å². The van der Waals surface area contributed by atoms with E-state index in [-0.39, 0.29) is 0 Å². The summed E-state index contributed by atoms with van der Waals surface area (Å²) in [4.78, 5) is 0. The van der Waals surface area contributed by atoms with Gasteiger partial charge in [-0.25, -0.2) is 0 Å². The molecule has 0 unspecified atom stereocenters. The van der Waals surface area contributed by atoms with Crippen molar-refractivity contribution in [3.63, 3.8) is 0 Å². The van der Waals surface area contributed by atoms with Gasteiger partial charge in [0.05, 0.1) is 0 Å². The van der Waals surface area contributed by atoms with E-state index in [4.69, 9.17) is 0 Å². The fraction of sp³-hybridized carbons (Fsp3) is 0.143. The van der Waals surface area contributed by atoms with Crippen LogP contribution < -0.4 is 0 Å². The molecular formula is C28H24. The summed E-state index contributed by atoms with van der Waals surface area (Å²) in [5.74, 6) is 0. The zero-order valence-electron chi connectivity index (χ0n) is 16.5. The Balaban J connectivity index is 0.000000122. The molecular weight excluding hydrogens is 336 g/mol. The van der Waals surface area contributed by atoms with Crippen LogP contribution >= 0.6 is 0 Å². The van der Waals surface area contributed by atoms with Gasteiger partial charge in [0.1, 0.15) is 0 Å². The SMILES string of the molecule is Cc1ccc2c(c1)-c1ccccc1C2.Cc1ccc2c(c1)Cc1ccccc1-2. The Kier molecular flexibility index (Phi) is 4.13. The summed E-state index contributed by atoms with van der Waals surface area (Å²) in [7, 11) is 0. The quantitative estimate of drug-likeness (QED) is 0.270. The molecule has 0 heterocycles. The Labute approximate surface area is 167 Å². The van der Waals surface area contributed by atoms with E-state index >= 15 is 0 Å². The highest BCUT2D eigenvalue weighted by atomic mass is 14.2. The number of rotatable bonds is 0. The van der Waals surface area contributed by atoms with Crippen molar-refractivity contribution in [1.29, 1.82) is 0 Å². The number of benzene rings is 4. The smallest absolute Gasteiger partial charge is 0.00134 e. The average molecular weight is 361 g/mol. The predicted molar refractivity (Wildman–Crippen MR) is 119 cm³/mol. The molecule has 0 bridgehead atoms. The minimum absolute atomic E-state index is 1.10. The highest BCUT2D eigenvalue weighted by Crippen LogP contribution is 2.37. The van der Waals surface area contributed by atoms with Gasteiger partial charge in [-0.05, 0) is 71.2 Å². The van der Waals surface area contributed by atoms with Crippen LogP contribution in [-0.2, 0) is 12.8 Å². The van der Waals surface area contributed by atoms with Crippen molar-refractivity contribution in [3.05, 3.63) is 118 Å². The molecule has 2 aliphatic rings. The van der Waals surface area contributed by atoms with Crippen molar-refractivity contribution in [3.8, 4) is 22.3 Å². The first-order chi connectivity index (χ1) is 13.7. The van der Waals surface area contributed by atoms with Gasteiger partial charge in [0.2, 0.25) is 0 Å². The normalized spacial score (nSPS) is 12.4. The van der Waals surface area contributed by atoms with Crippen LogP contribution in [0.4, 0.5) is 0 Å². The van der Waals surface area contributed by atoms with Crippen LogP contribution in [0.2, 0.25) is 0 Å². The topological polar surface area (TPSA) is 0 Å². The van der Waals surface area contributed by atoms with Crippen molar-refractivity contribution >= 4 is 0 Å². The molecule has 28 heavy (non-hydrogen) atoms. The van der Waals surface area contributed by atoms with E-state index < -0.39 is 0 Å². The molecule has 6 rings (SSSR count). The molecule has 136 valence electrons. The van der Waals surface area contributed by atoms with Gasteiger partial charge in [-0.1, -0.05) is 96.1 Å². The van der Waals surface area contributed by atoms with E-state index in [1.54, 1.807) is 0 Å². The maximum Gasteiger partial charge on any atom is -0.00134 e. The van der Waals surface area contributed by atoms with Crippen LogP contribution in [0.3, 0.4) is 0 Å². The third-order valence-electron chi connectivity index (χ3n) is 5.90. The first kappa shape index (κ1) is 17.0. The Morgan fingerprint density at radius 3 is 1.68 bits per heavy atom. The Hall–Kier alpha value is -3.12. The second kappa shape index (κ2) is 6.80. The molecule has 2 aliphatic carbocycles. The molecule has 4 aromatic carbocycles. The summed E-state index contributed by atoms with van der Waals surface area (Å²) in [5.41, 5.74) is 14.3. The highest BCUT2D eigenvalue weighted by Gasteiger charge is 2.17. The lowest BCUT2D eigenvalue weighted by molar-refractivity contribution is 1.25. The molecule has 0 N–H and O–H groups in total. The largest absolute Gasteiger partial charge is 0.0619 e. The van der Waals surface area contributed by atoms with Gasteiger partial charge < -0.3 is 0 Å². The minimum Gasteiger partial charge on any atom is -0.0619 e.